The Morgan fingerprint density at radius 3 is 1.86 bits per heavy atom. The molecule has 0 aliphatic heterocycles. The highest BCUT2D eigenvalue weighted by atomic mass is 79.9. The first-order chi connectivity index (χ1) is 20.3. The molecule has 0 radical (unpaired) electrons. The summed E-state index contributed by atoms with van der Waals surface area (Å²) in [5.74, 6) is -1.68. The zero-order valence-corrected chi connectivity index (χ0v) is 28.4. The monoisotopic (exact) mass is 681 g/mol. The van der Waals surface area contributed by atoms with Crippen LogP contribution in [0, 0.1) is 45.6 Å². The highest BCUT2D eigenvalue weighted by Crippen LogP contribution is 2.66. The van der Waals surface area contributed by atoms with E-state index in [2.05, 4.69) is 57.5 Å². The summed E-state index contributed by atoms with van der Waals surface area (Å²) in [7, 11) is -4.23. The van der Waals surface area contributed by atoms with Crippen molar-refractivity contribution in [2.24, 2.45) is 35.5 Å². The first-order valence-corrected chi connectivity index (χ1v) is 17.8. The molecule has 2 aromatic rings. The number of hydrogen-bond donors (Lipinski definition) is 0. The Balaban J connectivity index is 1.79. The van der Waals surface area contributed by atoms with E-state index in [9.17, 15) is 14.9 Å². The van der Waals surface area contributed by atoms with Crippen molar-refractivity contribution in [3.8, 4) is 0 Å². The topological polar surface area (TPSA) is 118 Å². The number of rotatable bonds is 11. The Morgan fingerprint density at radius 2 is 1.42 bits per heavy atom. The Bertz CT molecular complexity index is 1260. The van der Waals surface area contributed by atoms with Gasteiger partial charge in [-0.1, -0.05) is 82.4 Å². The van der Waals surface area contributed by atoms with Crippen molar-refractivity contribution in [2.75, 3.05) is 0 Å². The third-order valence-corrected chi connectivity index (χ3v) is 11.8. The lowest BCUT2D eigenvalue weighted by Crippen LogP contribution is -2.37. The predicted octanol–water partition coefficient (Wildman–Crippen LogP) is 9.95. The summed E-state index contributed by atoms with van der Waals surface area (Å²) in [6.45, 7) is 12.9. The van der Waals surface area contributed by atoms with Crippen LogP contribution in [-0.4, -0.2) is 23.1 Å². The van der Waals surface area contributed by atoms with Crippen molar-refractivity contribution in [2.45, 2.75) is 98.1 Å². The van der Waals surface area contributed by atoms with Crippen molar-refractivity contribution in [1.82, 2.24) is 0 Å². The van der Waals surface area contributed by atoms with E-state index in [0.29, 0.717) is 29.2 Å². The van der Waals surface area contributed by atoms with E-state index in [0.717, 1.165) is 49.1 Å². The molecule has 7 unspecified atom stereocenters. The molecule has 2 aliphatic rings. The predicted molar refractivity (Wildman–Crippen MR) is 168 cm³/mol. The van der Waals surface area contributed by atoms with Gasteiger partial charge in [-0.3, -0.25) is 14.7 Å². The molecule has 238 valence electrons. The standard InChI is InChI=1S/C32H45BrNO8P/c1-19(2)25-13-7-21(5)17-28(25)41-43(38,42-29-18-22(6)8-14-26(29)20(3)4)32(23-9-11-24(33)12-10-23)40-31(35)27-15-16-30(39-27)34(36)37/h9-12,15-16,19-22,25-26,28-29,32H,7-8,13-14,17-18H2,1-6H3. The largest absolute Gasteiger partial charge is 0.438 e. The van der Waals surface area contributed by atoms with Gasteiger partial charge in [0.05, 0.1) is 18.3 Å². The molecule has 9 nitrogen and oxygen atoms in total. The van der Waals surface area contributed by atoms with Crippen LogP contribution in [0.1, 0.15) is 102 Å². The number of halogens is 1. The minimum atomic E-state index is -4.23. The molecule has 2 aliphatic carbocycles. The van der Waals surface area contributed by atoms with E-state index in [1.807, 2.05) is 0 Å². The van der Waals surface area contributed by atoms with E-state index in [1.165, 1.54) is 6.07 Å². The molecule has 0 amide bonds. The first kappa shape index (κ1) is 33.9. The molecule has 1 aromatic heterocycles. The van der Waals surface area contributed by atoms with E-state index in [-0.39, 0.29) is 29.8 Å². The number of carbonyl (C=O) groups excluding carboxylic acids is 1. The second-order valence-electron chi connectivity index (χ2n) is 13.2. The Labute approximate surface area is 263 Å². The molecule has 0 bridgehead atoms. The normalized spacial score (nSPS) is 28.4. The van der Waals surface area contributed by atoms with E-state index in [1.54, 1.807) is 24.3 Å². The molecule has 2 saturated carbocycles. The number of carbonyl (C=O) groups is 1. The van der Waals surface area contributed by atoms with Crippen LogP contribution in [0.4, 0.5) is 5.88 Å². The minimum Gasteiger partial charge on any atom is -0.438 e. The number of furan rings is 1. The number of esters is 1. The second-order valence-corrected chi connectivity index (χ2v) is 16.1. The fourth-order valence-electron chi connectivity index (χ4n) is 6.62. The first-order valence-electron chi connectivity index (χ1n) is 15.4. The zero-order valence-electron chi connectivity index (χ0n) is 25.9. The summed E-state index contributed by atoms with van der Waals surface area (Å²) < 4.78 is 40.8. The summed E-state index contributed by atoms with van der Waals surface area (Å²) in [6.07, 6.45) is 4.74. The highest BCUT2D eigenvalue weighted by Gasteiger charge is 2.49. The van der Waals surface area contributed by atoms with Crippen LogP contribution >= 0.6 is 23.5 Å². The van der Waals surface area contributed by atoms with Crippen molar-refractivity contribution in [3.63, 3.8) is 0 Å². The van der Waals surface area contributed by atoms with Crippen LogP contribution in [0.3, 0.4) is 0 Å². The number of ether oxygens (including phenoxy) is 1. The zero-order chi connectivity index (χ0) is 31.5. The lowest BCUT2D eigenvalue weighted by atomic mass is 9.75. The van der Waals surface area contributed by atoms with Gasteiger partial charge in [0.25, 0.3) is 0 Å². The molecule has 11 heteroatoms. The summed E-state index contributed by atoms with van der Waals surface area (Å²) >= 11 is 3.45. The van der Waals surface area contributed by atoms with Crippen LogP contribution in [0.15, 0.2) is 45.3 Å². The third kappa shape index (κ3) is 8.38. The van der Waals surface area contributed by atoms with Gasteiger partial charge in [-0.15, -0.1) is 0 Å². The number of hydrogen-bond acceptors (Lipinski definition) is 8. The third-order valence-electron chi connectivity index (χ3n) is 9.12. The molecule has 2 fully saturated rings. The SMILES string of the molecule is CC1CCC(C(C)C)C(OP(=O)(OC2CC(C)CCC2C(C)C)C(OC(=O)c2ccc([N+](=O)[O-])o2)c2ccc(Br)cc2)C1. The minimum absolute atomic E-state index is 0.160. The average molecular weight is 683 g/mol. The molecule has 0 N–H and O–H groups in total. The Kier molecular flexibility index (Phi) is 11.3. The highest BCUT2D eigenvalue weighted by molar-refractivity contribution is 9.10. The summed E-state index contributed by atoms with van der Waals surface area (Å²) in [5.41, 5.74) is 0.441. The van der Waals surface area contributed by atoms with Crippen LogP contribution in [0.5, 0.6) is 0 Å². The molecule has 1 heterocycles. The average Bonchev–Trinajstić information content (AvgIpc) is 3.43. The maximum Gasteiger partial charge on any atom is 0.433 e. The van der Waals surface area contributed by atoms with Gasteiger partial charge < -0.3 is 18.2 Å². The van der Waals surface area contributed by atoms with Crippen molar-refractivity contribution >= 4 is 35.4 Å². The fraction of sp³-hybridized carbons (Fsp3) is 0.656. The second kappa shape index (κ2) is 14.4. The lowest BCUT2D eigenvalue weighted by Gasteiger charge is -2.43. The van der Waals surface area contributed by atoms with Gasteiger partial charge in [-0.2, -0.15) is 0 Å². The van der Waals surface area contributed by atoms with E-state index in [4.69, 9.17) is 18.2 Å². The van der Waals surface area contributed by atoms with Gasteiger partial charge in [0.15, 0.2) is 0 Å². The molecule has 4 rings (SSSR count). The summed E-state index contributed by atoms with van der Waals surface area (Å²) in [5, 5.41) is 11.2. The van der Waals surface area contributed by atoms with Gasteiger partial charge in [0.2, 0.25) is 11.6 Å². The van der Waals surface area contributed by atoms with Gasteiger partial charge in [-0.25, -0.2) is 4.79 Å². The maximum absolute atomic E-state index is 15.5. The van der Waals surface area contributed by atoms with Crippen LogP contribution in [-0.2, 0) is 18.3 Å². The van der Waals surface area contributed by atoms with E-state index < -0.39 is 30.2 Å². The maximum atomic E-state index is 15.5. The van der Waals surface area contributed by atoms with Crippen LogP contribution in [0.2, 0.25) is 0 Å². The summed E-state index contributed by atoms with van der Waals surface area (Å²) in [6, 6.07) is 9.26. The number of nitro groups is 1. The molecule has 1 aromatic carbocycles. The van der Waals surface area contributed by atoms with Gasteiger partial charge in [0.1, 0.15) is 4.92 Å². The molecule has 0 saturated heterocycles. The Hall–Kier alpha value is -2.00. The Morgan fingerprint density at radius 1 is 0.907 bits per heavy atom. The van der Waals surface area contributed by atoms with E-state index >= 15 is 4.57 Å². The van der Waals surface area contributed by atoms with Gasteiger partial charge in [0, 0.05) is 10.0 Å². The van der Waals surface area contributed by atoms with Gasteiger partial charge in [-0.05, 0) is 79.4 Å². The molecule has 0 spiro atoms. The smallest absolute Gasteiger partial charge is 0.433 e. The number of nitrogens with zero attached hydrogens (tertiary/aromatic N) is 1. The van der Waals surface area contributed by atoms with Crippen molar-refractivity contribution in [1.29, 1.82) is 0 Å². The molecular weight excluding hydrogens is 637 g/mol. The molecule has 7 atom stereocenters. The lowest BCUT2D eigenvalue weighted by molar-refractivity contribution is -0.402. The van der Waals surface area contributed by atoms with Crippen molar-refractivity contribution in [3.05, 3.63) is 62.3 Å². The number of benzene rings is 1. The van der Waals surface area contributed by atoms with Gasteiger partial charge >= 0.3 is 19.4 Å². The quantitative estimate of drug-likeness (QED) is 0.0995. The molecule has 43 heavy (non-hydrogen) atoms. The van der Waals surface area contributed by atoms with Crippen LogP contribution in [0.25, 0.3) is 0 Å². The summed E-state index contributed by atoms with van der Waals surface area (Å²) in [4.78, 5) is 23.9. The van der Waals surface area contributed by atoms with Crippen LogP contribution < -0.4 is 0 Å². The molecular formula is C32H45BrNO8P. The fourth-order valence-corrected chi connectivity index (χ4v) is 9.16. The van der Waals surface area contributed by atoms with Crippen molar-refractivity contribution < 1.29 is 32.5 Å².